The van der Waals surface area contributed by atoms with Gasteiger partial charge in [0.05, 0.1) is 11.9 Å². The van der Waals surface area contributed by atoms with Gasteiger partial charge in [0, 0.05) is 19.0 Å². The topological polar surface area (TPSA) is 86.8 Å². The van der Waals surface area contributed by atoms with Gasteiger partial charge in [0.15, 0.2) is 0 Å². The summed E-state index contributed by atoms with van der Waals surface area (Å²) in [5, 5.41) is 3.03. The van der Waals surface area contributed by atoms with Gasteiger partial charge in [-0.25, -0.2) is 8.42 Å². The Balaban J connectivity index is 2.02. The molecule has 8 heteroatoms. The Labute approximate surface area is 232 Å². The van der Waals surface area contributed by atoms with Crippen LogP contribution in [0, 0.1) is 0 Å². The Morgan fingerprint density at radius 3 is 1.90 bits per heavy atom. The van der Waals surface area contributed by atoms with Crippen molar-refractivity contribution in [2.24, 2.45) is 0 Å². The third-order valence-corrected chi connectivity index (χ3v) is 7.92. The van der Waals surface area contributed by atoms with Crippen LogP contribution in [0.2, 0.25) is 0 Å². The van der Waals surface area contributed by atoms with Gasteiger partial charge in [-0.3, -0.25) is 13.9 Å². The van der Waals surface area contributed by atoms with Crippen molar-refractivity contribution in [2.75, 3.05) is 17.1 Å². The first kappa shape index (κ1) is 29.9. The summed E-state index contributed by atoms with van der Waals surface area (Å²) in [4.78, 5) is 29.2. The molecule has 2 amide bonds. The van der Waals surface area contributed by atoms with Crippen molar-refractivity contribution < 1.29 is 18.0 Å². The van der Waals surface area contributed by atoms with E-state index in [1.807, 2.05) is 93.6 Å². The Bertz CT molecular complexity index is 1310. The molecule has 0 aliphatic rings. The van der Waals surface area contributed by atoms with Gasteiger partial charge in [-0.15, -0.1) is 0 Å². The first-order chi connectivity index (χ1) is 18.6. The largest absolute Gasteiger partial charge is 0.352 e. The van der Waals surface area contributed by atoms with Crippen molar-refractivity contribution in [3.63, 3.8) is 0 Å². The van der Waals surface area contributed by atoms with Gasteiger partial charge in [-0.2, -0.15) is 0 Å². The smallest absolute Gasteiger partial charge is 0.244 e. The molecule has 3 aromatic rings. The highest BCUT2D eigenvalue weighted by Crippen LogP contribution is 2.21. The van der Waals surface area contributed by atoms with Gasteiger partial charge in [0.2, 0.25) is 21.8 Å². The molecule has 3 rings (SSSR count). The zero-order chi connectivity index (χ0) is 28.4. The van der Waals surface area contributed by atoms with E-state index in [1.54, 1.807) is 12.1 Å². The van der Waals surface area contributed by atoms with E-state index in [9.17, 15) is 18.0 Å². The fourth-order valence-electron chi connectivity index (χ4n) is 4.29. The molecule has 2 atom stereocenters. The van der Waals surface area contributed by atoms with Gasteiger partial charge < -0.3 is 10.2 Å². The molecule has 0 aliphatic heterocycles. The van der Waals surface area contributed by atoms with Crippen LogP contribution in [0.25, 0.3) is 0 Å². The van der Waals surface area contributed by atoms with Crippen LogP contribution in [0.15, 0.2) is 84.9 Å². The molecule has 0 radical (unpaired) electrons. The van der Waals surface area contributed by atoms with Crippen molar-refractivity contribution in [1.29, 1.82) is 0 Å². The SMILES string of the molecule is CCc1ccc(N(CC(=O)N(Cc2ccccc2)C(Cc2ccccc2)C(=O)NC(C)CC)S(C)(=O)=O)cc1. The number of aryl methyl sites for hydroxylation is 1. The average molecular weight is 550 g/mol. The molecule has 7 nitrogen and oxygen atoms in total. The second-order valence-corrected chi connectivity index (χ2v) is 11.7. The predicted octanol–water partition coefficient (Wildman–Crippen LogP) is 4.57. The Morgan fingerprint density at radius 2 is 1.38 bits per heavy atom. The summed E-state index contributed by atoms with van der Waals surface area (Å²) < 4.78 is 26.8. The fraction of sp³-hybridized carbons (Fsp3) is 0.355. The monoisotopic (exact) mass is 549 g/mol. The van der Waals surface area contributed by atoms with Crippen LogP contribution >= 0.6 is 0 Å². The quantitative estimate of drug-likeness (QED) is 0.338. The minimum Gasteiger partial charge on any atom is -0.352 e. The van der Waals surface area contributed by atoms with Crippen LogP contribution in [0.4, 0.5) is 5.69 Å². The van der Waals surface area contributed by atoms with E-state index >= 15 is 0 Å². The number of hydrogen-bond acceptors (Lipinski definition) is 4. The van der Waals surface area contributed by atoms with Crippen molar-refractivity contribution >= 4 is 27.5 Å². The minimum atomic E-state index is -3.78. The van der Waals surface area contributed by atoms with E-state index in [2.05, 4.69) is 5.32 Å². The van der Waals surface area contributed by atoms with Crippen molar-refractivity contribution in [1.82, 2.24) is 10.2 Å². The summed E-state index contributed by atoms with van der Waals surface area (Å²) in [7, 11) is -3.78. The van der Waals surface area contributed by atoms with Gasteiger partial charge in [0.25, 0.3) is 0 Å². The normalized spacial score (nSPS) is 12.8. The molecule has 2 unspecified atom stereocenters. The molecule has 0 saturated carbocycles. The van der Waals surface area contributed by atoms with Gasteiger partial charge in [-0.1, -0.05) is 86.6 Å². The first-order valence-electron chi connectivity index (χ1n) is 13.4. The second kappa shape index (κ2) is 13.9. The standard InChI is InChI=1S/C31H39N3O4S/c1-5-24(3)32-31(36)29(21-26-13-9-7-10-14-26)33(22-27-15-11-8-12-16-27)30(35)23-34(39(4,37)38)28-19-17-25(6-2)18-20-28/h7-20,24,29H,5-6,21-23H2,1-4H3,(H,32,36). The van der Waals surface area contributed by atoms with Crippen LogP contribution in [-0.4, -0.2) is 50.0 Å². The molecule has 0 fully saturated rings. The van der Waals surface area contributed by atoms with E-state index in [0.717, 1.165) is 40.1 Å². The molecule has 0 saturated heterocycles. The van der Waals surface area contributed by atoms with Gasteiger partial charge in [-0.05, 0) is 48.6 Å². The molecule has 3 aromatic carbocycles. The van der Waals surface area contributed by atoms with Gasteiger partial charge in [0.1, 0.15) is 12.6 Å². The lowest BCUT2D eigenvalue weighted by Gasteiger charge is -2.34. The lowest BCUT2D eigenvalue weighted by atomic mass is 10.0. The van der Waals surface area contributed by atoms with Crippen molar-refractivity contribution in [3.05, 3.63) is 102 Å². The summed E-state index contributed by atoms with van der Waals surface area (Å²) >= 11 is 0. The van der Waals surface area contributed by atoms with E-state index in [1.165, 1.54) is 4.90 Å². The predicted molar refractivity (Wildman–Crippen MR) is 157 cm³/mol. The summed E-state index contributed by atoms with van der Waals surface area (Å²) in [5.74, 6) is -0.722. The van der Waals surface area contributed by atoms with E-state index in [-0.39, 0.29) is 18.5 Å². The molecule has 0 aliphatic carbocycles. The molecule has 1 N–H and O–H groups in total. The number of amides is 2. The van der Waals surface area contributed by atoms with Crippen molar-refractivity contribution in [3.8, 4) is 0 Å². The maximum atomic E-state index is 14.0. The number of nitrogens with zero attached hydrogens (tertiary/aromatic N) is 2. The van der Waals surface area contributed by atoms with Gasteiger partial charge >= 0.3 is 0 Å². The van der Waals surface area contributed by atoms with Crippen LogP contribution in [0.5, 0.6) is 0 Å². The molecule has 208 valence electrons. The number of benzene rings is 3. The summed E-state index contributed by atoms with van der Waals surface area (Å²) in [6.45, 7) is 5.67. The summed E-state index contributed by atoms with van der Waals surface area (Å²) in [6, 6.07) is 25.2. The second-order valence-electron chi connectivity index (χ2n) is 9.82. The number of rotatable bonds is 13. The lowest BCUT2D eigenvalue weighted by molar-refractivity contribution is -0.140. The molecule has 0 aromatic heterocycles. The first-order valence-corrected chi connectivity index (χ1v) is 15.2. The third kappa shape index (κ3) is 8.68. The molecule has 0 heterocycles. The molecule has 0 spiro atoms. The number of carbonyl (C=O) groups is 2. The summed E-state index contributed by atoms with van der Waals surface area (Å²) in [6.07, 6.45) is 2.94. The highest BCUT2D eigenvalue weighted by Gasteiger charge is 2.33. The summed E-state index contributed by atoms with van der Waals surface area (Å²) in [5.41, 5.74) is 3.22. The number of sulfonamides is 1. The Kier molecular flexibility index (Phi) is 10.7. The molecule has 39 heavy (non-hydrogen) atoms. The highest BCUT2D eigenvalue weighted by atomic mass is 32.2. The Morgan fingerprint density at radius 1 is 0.821 bits per heavy atom. The number of nitrogens with one attached hydrogen (secondary N) is 1. The minimum absolute atomic E-state index is 0.0750. The van der Waals surface area contributed by atoms with Crippen LogP contribution in [0.3, 0.4) is 0 Å². The Hall–Kier alpha value is -3.65. The maximum absolute atomic E-state index is 14.0. The number of anilines is 1. The zero-order valence-electron chi connectivity index (χ0n) is 23.2. The highest BCUT2D eigenvalue weighted by molar-refractivity contribution is 7.92. The van der Waals surface area contributed by atoms with Crippen LogP contribution in [0.1, 0.15) is 43.9 Å². The maximum Gasteiger partial charge on any atom is 0.244 e. The van der Waals surface area contributed by atoms with Crippen LogP contribution < -0.4 is 9.62 Å². The van der Waals surface area contributed by atoms with Crippen molar-refractivity contribution in [2.45, 2.75) is 58.7 Å². The third-order valence-electron chi connectivity index (χ3n) is 6.78. The molecule has 0 bridgehead atoms. The zero-order valence-corrected chi connectivity index (χ0v) is 24.0. The van der Waals surface area contributed by atoms with E-state index < -0.39 is 28.5 Å². The van der Waals surface area contributed by atoms with E-state index in [0.29, 0.717) is 12.1 Å². The molecular formula is C31H39N3O4S. The fourth-order valence-corrected chi connectivity index (χ4v) is 5.14. The average Bonchev–Trinajstić information content (AvgIpc) is 2.94. The number of carbonyl (C=O) groups excluding carboxylic acids is 2. The number of hydrogen-bond donors (Lipinski definition) is 1. The lowest BCUT2D eigenvalue weighted by Crippen LogP contribution is -2.54. The molecular weight excluding hydrogens is 510 g/mol. The van der Waals surface area contributed by atoms with E-state index in [4.69, 9.17) is 0 Å². The van der Waals surface area contributed by atoms with Crippen LogP contribution in [-0.2, 0) is 39.0 Å².